The van der Waals surface area contributed by atoms with Crippen molar-refractivity contribution in [2.24, 2.45) is 0 Å². The average molecular weight is 504 g/mol. The molecule has 0 amide bonds. The highest BCUT2D eigenvalue weighted by atomic mass is 35.5. The number of aliphatic carboxylic acids is 2. The first-order chi connectivity index (χ1) is 16.9. The monoisotopic (exact) mass is 503 g/mol. The number of ether oxygens (including phenoxy) is 1. The zero-order chi connectivity index (χ0) is 25.0. The molecule has 0 bridgehead atoms. The summed E-state index contributed by atoms with van der Waals surface area (Å²) in [6, 6.07) is 8.24. The summed E-state index contributed by atoms with van der Waals surface area (Å²) in [5.74, 6) is -1.27. The van der Waals surface area contributed by atoms with Crippen LogP contribution in [0.5, 0.6) is 5.75 Å². The number of nitrogens with one attached hydrogen (secondary N) is 2. The van der Waals surface area contributed by atoms with Gasteiger partial charge in [-0.15, -0.1) is 0 Å². The number of halogens is 1. The molecule has 8 nitrogen and oxygen atoms in total. The number of carbonyl (C=O) groups is 2. The van der Waals surface area contributed by atoms with Gasteiger partial charge in [0.15, 0.2) is 0 Å². The first kappa shape index (κ1) is 26.8. The minimum atomic E-state index is -1.08. The lowest BCUT2D eigenvalue weighted by molar-refractivity contribution is -0.143. The van der Waals surface area contributed by atoms with Gasteiger partial charge >= 0.3 is 11.9 Å². The average Bonchev–Trinajstić information content (AvgIpc) is 3.10. The summed E-state index contributed by atoms with van der Waals surface area (Å²) >= 11 is 6.49. The normalized spacial score (nSPS) is 15.7. The largest absolute Gasteiger partial charge is 0.489 e. The second-order valence-corrected chi connectivity index (χ2v) is 9.22. The standard InChI is InChI=1S/C22H28ClN3O.C4H6O4/c23-21-9-6-16-10-12-24-13-11-20(16)22(21)26-14-17-7-8-19(15-25-17)27-18-4-2-1-3-5-18;5-3(6)1-2-4(7)8/h6-9,15,18,24,26H,1-5,10-14H2;1-2H2,(H,5,6)(H,7,8). The summed E-state index contributed by atoms with van der Waals surface area (Å²) in [6.45, 7) is 2.68. The van der Waals surface area contributed by atoms with E-state index in [2.05, 4.69) is 21.7 Å². The maximum atomic E-state index is 9.64. The number of carboxylic acids is 2. The van der Waals surface area contributed by atoms with Crippen LogP contribution in [0.15, 0.2) is 30.5 Å². The SMILES string of the molecule is Clc1ccc2c(c1NCc1ccc(OC3CCCCC3)cn1)CCNCC2.O=C(O)CCC(=O)O. The maximum absolute atomic E-state index is 9.64. The predicted molar refractivity (Wildman–Crippen MR) is 135 cm³/mol. The Labute approximate surface area is 211 Å². The summed E-state index contributed by atoms with van der Waals surface area (Å²) in [6.07, 6.45) is 9.88. The minimum Gasteiger partial charge on any atom is -0.489 e. The van der Waals surface area contributed by atoms with Gasteiger partial charge in [0, 0.05) is 0 Å². The summed E-state index contributed by atoms with van der Waals surface area (Å²) in [7, 11) is 0. The van der Waals surface area contributed by atoms with Crippen LogP contribution in [0.1, 0.15) is 61.8 Å². The molecular weight excluding hydrogens is 470 g/mol. The Morgan fingerprint density at radius 3 is 2.40 bits per heavy atom. The first-order valence-electron chi connectivity index (χ1n) is 12.2. The molecule has 0 spiro atoms. The molecule has 2 heterocycles. The molecule has 2 aromatic rings. The van der Waals surface area contributed by atoms with Crippen LogP contribution in [0.4, 0.5) is 5.69 Å². The van der Waals surface area contributed by atoms with E-state index in [9.17, 15) is 9.59 Å². The van der Waals surface area contributed by atoms with E-state index in [1.165, 1.54) is 30.4 Å². The van der Waals surface area contributed by atoms with E-state index >= 15 is 0 Å². The molecule has 0 radical (unpaired) electrons. The Balaban J connectivity index is 0.000000371. The second-order valence-electron chi connectivity index (χ2n) is 8.81. The molecule has 1 aromatic carbocycles. The zero-order valence-corrected chi connectivity index (χ0v) is 20.6. The maximum Gasteiger partial charge on any atom is 0.303 e. The van der Waals surface area contributed by atoms with E-state index in [0.717, 1.165) is 60.9 Å². The Bertz CT molecular complexity index is 964. The van der Waals surface area contributed by atoms with Crippen molar-refractivity contribution < 1.29 is 24.5 Å². The number of hydrogen-bond donors (Lipinski definition) is 4. The predicted octanol–water partition coefficient (Wildman–Crippen LogP) is 4.68. The molecule has 1 saturated carbocycles. The Kier molecular flexibility index (Phi) is 10.6. The lowest BCUT2D eigenvalue weighted by Crippen LogP contribution is -2.19. The molecule has 190 valence electrons. The number of aromatic nitrogens is 1. The van der Waals surface area contributed by atoms with Crippen LogP contribution >= 0.6 is 11.6 Å². The highest BCUT2D eigenvalue weighted by Gasteiger charge is 2.16. The van der Waals surface area contributed by atoms with Gasteiger partial charge in [-0.05, 0) is 80.9 Å². The van der Waals surface area contributed by atoms with Crippen LogP contribution in [-0.4, -0.2) is 46.3 Å². The van der Waals surface area contributed by atoms with Crippen molar-refractivity contribution in [1.29, 1.82) is 0 Å². The highest BCUT2D eigenvalue weighted by Crippen LogP contribution is 2.31. The third kappa shape index (κ3) is 9.03. The van der Waals surface area contributed by atoms with Gasteiger partial charge in [0.1, 0.15) is 5.75 Å². The fourth-order valence-electron chi connectivity index (χ4n) is 4.29. The van der Waals surface area contributed by atoms with Gasteiger partial charge < -0.3 is 25.6 Å². The lowest BCUT2D eigenvalue weighted by atomic mass is 9.98. The molecule has 0 unspecified atom stereocenters. The summed E-state index contributed by atoms with van der Waals surface area (Å²) in [5, 5.41) is 23.6. The fraction of sp³-hybridized carbons (Fsp3) is 0.500. The molecule has 2 aliphatic rings. The van der Waals surface area contributed by atoms with Gasteiger partial charge in [0.25, 0.3) is 0 Å². The number of hydrogen-bond acceptors (Lipinski definition) is 6. The van der Waals surface area contributed by atoms with Crippen LogP contribution in [-0.2, 0) is 29.0 Å². The van der Waals surface area contributed by atoms with Crippen molar-refractivity contribution in [3.8, 4) is 5.75 Å². The van der Waals surface area contributed by atoms with Crippen LogP contribution < -0.4 is 15.4 Å². The van der Waals surface area contributed by atoms with E-state index in [-0.39, 0.29) is 12.8 Å². The van der Waals surface area contributed by atoms with Crippen molar-refractivity contribution in [3.63, 3.8) is 0 Å². The molecule has 0 saturated heterocycles. The lowest BCUT2D eigenvalue weighted by Gasteiger charge is -2.22. The summed E-state index contributed by atoms with van der Waals surface area (Å²) in [4.78, 5) is 23.9. The Morgan fingerprint density at radius 1 is 1.03 bits per heavy atom. The number of nitrogens with zero attached hydrogens (tertiary/aromatic N) is 1. The molecule has 35 heavy (non-hydrogen) atoms. The fourth-order valence-corrected chi connectivity index (χ4v) is 4.53. The van der Waals surface area contributed by atoms with E-state index < -0.39 is 11.9 Å². The van der Waals surface area contributed by atoms with Crippen LogP contribution in [0.25, 0.3) is 0 Å². The van der Waals surface area contributed by atoms with E-state index in [1.807, 2.05) is 24.4 Å². The molecule has 1 fully saturated rings. The van der Waals surface area contributed by atoms with Crippen molar-refractivity contribution in [1.82, 2.24) is 10.3 Å². The quantitative estimate of drug-likeness (QED) is 0.409. The van der Waals surface area contributed by atoms with Crippen LogP contribution in [0.2, 0.25) is 5.02 Å². The summed E-state index contributed by atoms with van der Waals surface area (Å²) < 4.78 is 6.07. The van der Waals surface area contributed by atoms with Crippen molar-refractivity contribution in [2.45, 2.75) is 70.4 Å². The van der Waals surface area contributed by atoms with Crippen molar-refractivity contribution in [3.05, 3.63) is 52.3 Å². The molecule has 1 aliphatic carbocycles. The van der Waals surface area contributed by atoms with Crippen molar-refractivity contribution in [2.75, 3.05) is 18.4 Å². The van der Waals surface area contributed by atoms with Crippen LogP contribution in [0, 0.1) is 0 Å². The first-order valence-corrected chi connectivity index (χ1v) is 12.6. The third-order valence-electron chi connectivity index (χ3n) is 6.13. The van der Waals surface area contributed by atoms with Gasteiger partial charge in [-0.25, -0.2) is 0 Å². The number of rotatable bonds is 8. The second kappa shape index (κ2) is 13.9. The van der Waals surface area contributed by atoms with E-state index in [1.54, 1.807) is 0 Å². The van der Waals surface area contributed by atoms with E-state index in [4.69, 9.17) is 26.6 Å². The van der Waals surface area contributed by atoms with Gasteiger partial charge in [-0.1, -0.05) is 24.1 Å². The van der Waals surface area contributed by atoms with Gasteiger partial charge in [-0.3, -0.25) is 14.6 Å². The highest BCUT2D eigenvalue weighted by molar-refractivity contribution is 6.33. The molecule has 9 heteroatoms. The topological polar surface area (TPSA) is 121 Å². The molecule has 0 atom stereocenters. The number of benzene rings is 1. The smallest absolute Gasteiger partial charge is 0.303 e. The number of fused-ring (bicyclic) bond motifs is 1. The third-order valence-corrected chi connectivity index (χ3v) is 6.45. The number of anilines is 1. The number of carboxylic acid groups (broad SMARTS) is 2. The Morgan fingerprint density at radius 2 is 1.74 bits per heavy atom. The molecule has 4 rings (SSSR count). The molecule has 4 N–H and O–H groups in total. The Hall–Kier alpha value is -2.84. The van der Waals surface area contributed by atoms with Crippen LogP contribution in [0.3, 0.4) is 0 Å². The summed E-state index contributed by atoms with van der Waals surface area (Å²) in [5.41, 5.74) is 4.77. The van der Waals surface area contributed by atoms with Crippen molar-refractivity contribution >= 4 is 29.2 Å². The van der Waals surface area contributed by atoms with E-state index in [0.29, 0.717) is 12.6 Å². The van der Waals surface area contributed by atoms with Gasteiger partial charge in [0.05, 0.1) is 48.1 Å². The molecular formula is C26H34ClN3O5. The molecule has 1 aliphatic heterocycles. The minimum absolute atomic E-state index is 0.296. The van der Waals surface area contributed by atoms with Gasteiger partial charge in [-0.2, -0.15) is 0 Å². The van der Waals surface area contributed by atoms with Gasteiger partial charge in [0.2, 0.25) is 0 Å². The zero-order valence-electron chi connectivity index (χ0n) is 19.9. The number of pyridine rings is 1. The molecule has 1 aromatic heterocycles.